The summed E-state index contributed by atoms with van der Waals surface area (Å²) in [5, 5.41) is 11.4. The van der Waals surface area contributed by atoms with Crippen molar-refractivity contribution in [1.29, 1.82) is 0 Å². The van der Waals surface area contributed by atoms with Gasteiger partial charge in [-0.3, -0.25) is 9.69 Å². The van der Waals surface area contributed by atoms with Crippen molar-refractivity contribution in [3.05, 3.63) is 0 Å². The lowest BCUT2D eigenvalue weighted by molar-refractivity contribution is -0.136. The smallest absolute Gasteiger partial charge is 0.222 e. The summed E-state index contributed by atoms with van der Waals surface area (Å²) in [6, 6.07) is 0.676. The number of methoxy groups -OCH3 is 1. The van der Waals surface area contributed by atoms with Gasteiger partial charge < -0.3 is 14.7 Å². The Balaban J connectivity index is 1.66. The van der Waals surface area contributed by atoms with Crippen molar-refractivity contribution < 1.29 is 14.6 Å². The molecule has 3 fully saturated rings. The number of rotatable bonds is 5. The van der Waals surface area contributed by atoms with Crippen LogP contribution in [0.3, 0.4) is 0 Å². The summed E-state index contributed by atoms with van der Waals surface area (Å²) in [4.78, 5) is 17.3. The first-order valence-electron chi connectivity index (χ1n) is 11.5. The molecule has 1 aliphatic carbocycles. The molecule has 0 aromatic rings. The Bertz CT molecular complexity index is 522. The van der Waals surface area contributed by atoms with Crippen LogP contribution in [0.25, 0.3) is 0 Å². The Morgan fingerprint density at radius 1 is 1.11 bits per heavy atom. The van der Waals surface area contributed by atoms with Gasteiger partial charge in [0.05, 0.1) is 12.2 Å². The highest BCUT2D eigenvalue weighted by molar-refractivity contribution is 5.77. The predicted molar refractivity (Wildman–Crippen MR) is 112 cm³/mol. The molecule has 5 nitrogen and oxygen atoms in total. The highest BCUT2D eigenvalue weighted by atomic mass is 16.5. The van der Waals surface area contributed by atoms with Crippen molar-refractivity contribution in [3.63, 3.8) is 0 Å². The molecule has 2 aliphatic heterocycles. The van der Waals surface area contributed by atoms with Crippen molar-refractivity contribution >= 4 is 5.91 Å². The molecule has 0 spiro atoms. The molecule has 162 valence electrons. The number of amides is 1. The van der Waals surface area contributed by atoms with Crippen LogP contribution < -0.4 is 0 Å². The third kappa shape index (κ3) is 5.09. The summed E-state index contributed by atoms with van der Waals surface area (Å²) in [6.45, 7) is 10.1. The Morgan fingerprint density at radius 2 is 1.79 bits per heavy atom. The minimum atomic E-state index is -0.558. The lowest BCUT2D eigenvalue weighted by Gasteiger charge is -2.49. The minimum Gasteiger partial charge on any atom is -0.389 e. The summed E-state index contributed by atoms with van der Waals surface area (Å²) in [5.41, 5.74) is -0.224. The van der Waals surface area contributed by atoms with Gasteiger partial charge in [0.1, 0.15) is 0 Å². The zero-order chi connectivity index (χ0) is 20.4. The standard InChI is InChI=1S/C23H42N2O3/c1-22(2,3)18-10-12-23(27,13-11-18)17-24-14-6-8-20-19(24)7-5-9-21(26)25(20)15-16-28-4/h18-20,27H,5-17H2,1-4H3/t18?,19-,20-,23?/m1/s1. The highest BCUT2D eigenvalue weighted by Crippen LogP contribution is 2.42. The van der Waals surface area contributed by atoms with E-state index >= 15 is 0 Å². The first kappa shape index (κ1) is 22.0. The number of ether oxygens (including phenoxy) is 1. The zero-order valence-electron chi connectivity index (χ0n) is 18.6. The van der Waals surface area contributed by atoms with Gasteiger partial charge in [-0.05, 0) is 69.2 Å². The molecule has 0 aromatic heterocycles. The molecule has 1 N–H and O–H groups in total. The number of carbonyl (C=O) groups excluding carboxylic acids is 1. The van der Waals surface area contributed by atoms with Crippen molar-refractivity contribution in [2.24, 2.45) is 11.3 Å². The Morgan fingerprint density at radius 3 is 2.43 bits per heavy atom. The van der Waals surface area contributed by atoms with E-state index < -0.39 is 5.60 Å². The first-order valence-corrected chi connectivity index (χ1v) is 11.5. The van der Waals surface area contributed by atoms with Gasteiger partial charge in [0, 0.05) is 38.7 Å². The van der Waals surface area contributed by atoms with Gasteiger partial charge in [0.2, 0.25) is 5.91 Å². The zero-order valence-corrected chi connectivity index (χ0v) is 18.6. The maximum atomic E-state index is 12.7. The average Bonchev–Trinajstić information content (AvgIpc) is 2.78. The normalized spacial score (nSPS) is 35.5. The third-order valence-electron chi connectivity index (χ3n) is 7.64. The fourth-order valence-electron chi connectivity index (χ4n) is 5.87. The van der Waals surface area contributed by atoms with Gasteiger partial charge in [-0.25, -0.2) is 0 Å². The molecular formula is C23H42N2O3. The van der Waals surface area contributed by atoms with E-state index in [4.69, 9.17) is 4.74 Å². The van der Waals surface area contributed by atoms with Crippen molar-refractivity contribution in [2.75, 3.05) is 33.4 Å². The summed E-state index contributed by atoms with van der Waals surface area (Å²) in [7, 11) is 1.70. The van der Waals surface area contributed by atoms with E-state index in [2.05, 4.69) is 30.6 Å². The van der Waals surface area contributed by atoms with Gasteiger partial charge in [0.15, 0.2) is 0 Å². The number of nitrogens with zero attached hydrogens (tertiary/aromatic N) is 2. The maximum absolute atomic E-state index is 12.7. The Labute approximate surface area is 171 Å². The molecule has 2 saturated heterocycles. The number of β-amino-alcohol motifs (C(OH)–C–C–N with tert-alkyl or cyclic N) is 1. The van der Waals surface area contributed by atoms with E-state index in [0.717, 1.165) is 64.5 Å². The Kier molecular flexibility index (Phi) is 7.09. The van der Waals surface area contributed by atoms with E-state index in [1.807, 2.05) is 0 Å². The van der Waals surface area contributed by atoms with Crippen molar-refractivity contribution in [1.82, 2.24) is 9.80 Å². The number of likely N-dealkylation sites (tertiary alicyclic amines) is 2. The third-order valence-corrected chi connectivity index (χ3v) is 7.64. The van der Waals surface area contributed by atoms with Crippen LogP contribution in [0, 0.1) is 11.3 Å². The predicted octanol–water partition coefficient (Wildman–Crippen LogP) is 3.45. The lowest BCUT2D eigenvalue weighted by atomic mass is 9.68. The summed E-state index contributed by atoms with van der Waals surface area (Å²) in [5.74, 6) is 0.998. The van der Waals surface area contributed by atoms with Gasteiger partial charge in [-0.2, -0.15) is 0 Å². The molecule has 1 amide bonds. The second kappa shape index (κ2) is 9.01. The number of hydrogen-bond acceptors (Lipinski definition) is 4. The van der Waals surface area contributed by atoms with Crippen LogP contribution in [0.1, 0.15) is 78.6 Å². The van der Waals surface area contributed by atoms with Gasteiger partial charge >= 0.3 is 0 Å². The minimum absolute atomic E-state index is 0.286. The van der Waals surface area contributed by atoms with Crippen LogP contribution in [0.5, 0.6) is 0 Å². The van der Waals surface area contributed by atoms with Gasteiger partial charge in [-0.1, -0.05) is 20.8 Å². The van der Waals surface area contributed by atoms with E-state index in [1.54, 1.807) is 7.11 Å². The number of carbonyl (C=O) groups is 1. The fraction of sp³-hybridized carbons (Fsp3) is 0.957. The Hall–Kier alpha value is -0.650. The van der Waals surface area contributed by atoms with Gasteiger partial charge in [-0.15, -0.1) is 0 Å². The monoisotopic (exact) mass is 394 g/mol. The maximum Gasteiger partial charge on any atom is 0.222 e. The molecule has 1 saturated carbocycles. The van der Waals surface area contributed by atoms with Gasteiger partial charge in [0.25, 0.3) is 0 Å². The molecular weight excluding hydrogens is 352 g/mol. The second-order valence-electron chi connectivity index (χ2n) is 10.6. The van der Waals surface area contributed by atoms with E-state index in [1.165, 1.54) is 0 Å². The van der Waals surface area contributed by atoms with E-state index in [0.29, 0.717) is 36.9 Å². The number of hydrogen-bond donors (Lipinski definition) is 1. The SMILES string of the molecule is COCCN1C(=O)CCC[C@@H]2[C@H]1CCCN2CC1(O)CCC(C(C)(C)C)CC1. The molecule has 28 heavy (non-hydrogen) atoms. The van der Waals surface area contributed by atoms with Crippen molar-refractivity contribution in [3.8, 4) is 0 Å². The summed E-state index contributed by atoms with van der Waals surface area (Å²) < 4.78 is 5.27. The van der Waals surface area contributed by atoms with Crippen LogP contribution in [0.4, 0.5) is 0 Å². The number of aliphatic hydroxyl groups is 1. The number of fused-ring (bicyclic) bond motifs is 1. The highest BCUT2D eigenvalue weighted by Gasteiger charge is 2.43. The average molecular weight is 395 g/mol. The van der Waals surface area contributed by atoms with Crippen LogP contribution >= 0.6 is 0 Å². The lowest BCUT2D eigenvalue weighted by Crippen LogP contribution is -2.59. The molecule has 3 rings (SSSR count). The van der Waals surface area contributed by atoms with Crippen LogP contribution in [0.15, 0.2) is 0 Å². The first-order chi connectivity index (χ1) is 13.2. The second-order valence-corrected chi connectivity index (χ2v) is 10.6. The molecule has 0 radical (unpaired) electrons. The summed E-state index contributed by atoms with van der Waals surface area (Å²) >= 11 is 0. The molecule has 3 aliphatic rings. The molecule has 0 bridgehead atoms. The van der Waals surface area contributed by atoms with E-state index in [9.17, 15) is 9.90 Å². The number of piperidine rings is 1. The molecule has 2 atom stereocenters. The molecule has 5 heteroatoms. The van der Waals surface area contributed by atoms with Crippen LogP contribution in [-0.2, 0) is 9.53 Å². The molecule has 2 heterocycles. The molecule has 0 unspecified atom stereocenters. The van der Waals surface area contributed by atoms with Crippen LogP contribution in [0.2, 0.25) is 0 Å². The topological polar surface area (TPSA) is 53.0 Å². The van der Waals surface area contributed by atoms with E-state index in [-0.39, 0.29) is 11.9 Å². The fourth-order valence-corrected chi connectivity index (χ4v) is 5.87. The summed E-state index contributed by atoms with van der Waals surface area (Å²) in [6.07, 6.45) is 8.96. The quantitative estimate of drug-likeness (QED) is 0.776. The largest absolute Gasteiger partial charge is 0.389 e. The van der Waals surface area contributed by atoms with Crippen molar-refractivity contribution in [2.45, 2.75) is 96.2 Å². The molecule has 0 aromatic carbocycles. The van der Waals surface area contributed by atoms with Crippen LogP contribution in [-0.4, -0.2) is 71.8 Å².